The summed E-state index contributed by atoms with van der Waals surface area (Å²) in [7, 11) is 0. The number of rotatable bonds is 6. The summed E-state index contributed by atoms with van der Waals surface area (Å²) in [6.07, 6.45) is 5.65. The molecule has 2 bridgehead atoms. The number of hydrogen-bond donors (Lipinski definition) is 0. The molecule has 52 heavy (non-hydrogen) atoms. The summed E-state index contributed by atoms with van der Waals surface area (Å²) in [5.41, 5.74) is 16.9. The van der Waals surface area contributed by atoms with Gasteiger partial charge in [-0.1, -0.05) is 136 Å². The summed E-state index contributed by atoms with van der Waals surface area (Å²) in [6, 6.07) is 57.1. The predicted octanol–water partition coefficient (Wildman–Crippen LogP) is 14.2. The average Bonchev–Trinajstić information content (AvgIpc) is 3.88. The van der Waals surface area contributed by atoms with Gasteiger partial charge in [-0.25, -0.2) is 0 Å². The highest BCUT2D eigenvalue weighted by Crippen LogP contribution is 2.54. The third-order valence-corrected chi connectivity index (χ3v) is 12.9. The molecule has 2 fully saturated rings. The largest absolute Gasteiger partial charge is 0.310 e. The second-order valence-electron chi connectivity index (χ2n) is 16.2. The van der Waals surface area contributed by atoms with E-state index in [9.17, 15) is 0 Å². The van der Waals surface area contributed by atoms with E-state index in [2.05, 4.69) is 177 Å². The van der Waals surface area contributed by atoms with Gasteiger partial charge in [0.05, 0.1) is 0 Å². The molecule has 7 aromatic rings. The van der Waals surface area contributed by atoms with Crippen LogP contribution in [0.5, 0.6) is 0 Å². The number of fused-ring (bicyclic) bond motifs is 6. The molecule has 10 rings (SSSR count). The van der Waals surface area contributed by atoms with Crippen molar-refractivity contribution in [2.24, 2.45) is 11.8 Å². The molecule has 0 saturated heterocycles. The number of benzene rings is 7. The fraction of sp³-hybridized carbons (Fsp3) is 0.216. The Hall–Kier alpha value is -5.40. The molecule has 0 N–H and O–H groups in total. The topological polar surface area (TPSA) is 3.24 Å². The molecule has 3 atom stereocenters. The Bertz CT molecular complexity index is 2470. The Morgan fingerprint density at radius 2 is 1.19 bits per heavy atom. The molecule has 3 aliphatic carbocycles. The lowest BCUT2D eigenvalue weighted by molar-refractivity contribution is 0.420. The van der Waals surface area contributed by atoms with Crippen LogP contribution in [0.15, 0.2) is 152 Å². The molecule has 0 amide bonds. The number of anilines is 3. The van der Waals surface area contributed by atoms with Gasteiger partial charge in [-0.05, 0) is 147 Å². The highest BCUT2D eigenvalue weighted by Gasteiger charge is 2.40. The molecule has 254 valence electrons. The van der Waals surface area contributed by atoms with E-state index in [4.69, 9.17) is 0 Å². The maximum Gasteiger partial charge on any atom is 0.0465 e. The van der Waals surface area contributed by atoms with Crippen LogP contribution < -0.4 is 4.90 Å². The van der Waals surface area contributed by atoms with Crippen molar-refractivity contribution in [3.05, 3.63) is 174 Å². The second-order valence-corrected chi connectivity index (χ2v) is 16.2. The standard InChI is InChI=1S/C51H45N/c1-33-10-4-6-12-42(33)50-43-13-7-5-11-35(43)22-28-44(50)36-18-23-39(24-19-36)52(40-25-20-37(21-26-40)47-31-34-16-17-38(47)30-34)41-27-29-46-45-14-8-9-15-48(45)51(2,3)49(46)32-41/h4-15,18-29,32,34,38,47H,16-17,30-31H2,1-3H3. The summed E-state index contributed by atoms with van der Waals surface area (Å²) < 4.78 is 0. The van der Waals surface area contributed by atoms with E-state index in [1.165, 1.54) is 109 Å². The van der Waals surface area contributed by atoms with Crippen molar-refractivity contribution in [2.75, 3.05) is 4.90 Å². The predicted molar refractivity (Wildman–Crippen MR) is 220 cm³/mol. The van der Waals surface area contributed by atoms with Gasteiger partial charge in [0.1, 0.15) is 0 Å². The van der Waals surface area contributed by atoms with Crippen LogP contribution in [0.1, 0.15) is 67.7 Å². The van der Waals surface area contributed by atoms with E-state index in [-0.39, 0.29) is 5.41 Å². The van der Waals surface area contributed by atoms with Crippen molar-refractivity contribution in [3.8, 4) is 33.4 Å². The first-order chi connectivity index (χ1) is 25.4. The highest BCUT2D eigenvalue weighted by molar-refractivity contribution is 6.05. The van der Waals surface area contributed by atoms with E-state index in [0.29, 0.717) is 0 Å². The minimum Gasteiger partial charge on any atom is -0.310 e. The molecule has 0 aromatic heterocycles. The van der Waals surface area contributed by atoms with Gasteiger partial charge < -0.3 is 4.90 Å². The minimum atomic E-state index is -0.0643. The summed E-state index contributed by atoms with van der Waals surface area (Å²) in [5, 5.41) is 2.56. The molecule has 0 heterocycles. The lowest BCUT2D eigenvalue weighted by atomic mass is 9.82. The SMILES string of the molecule is Cc1ccccc1-c1c(-c2ccc(N(c3ccc(C4CC5CCC4C5)cc3)c3ccc4c(c3)C(C)(C)c3ccccc3-4)cc2)ccc2ccccc12. The van der Waals surface area contributed by atoms with E-state index in [1.54, 1.807) is 0 Å². The number of hydrogen-bond acceptors (Lipinski definition) is 1. The lowest BCUT2D eigenvalue weighted by Crippen LogP contribution is -2.16. The van der Waals surface area contributed by atoms with Crippen LogP contribution in [-0.2, 0) is 5.41 Å². The van der Waals surface area contributed by atoms with Gasteiger partial charge in [0.2, 0.25) is 0 Å². The van der Waals surface area contributed by atoms with Crippen LogP contribution in [0.2, 0.25) is 0 Å². The first-order valence-electron chi connectivity index (χ1n) is 19.3. The molecule has 1 nitrogen and oxygen atoms in total. The Kier molecular flexibility index (Phi) is 7.29. The summed E-state index contributed by atoms with van der Waals surface area (Å²) >= 11 is 0. The quantitative estimate of drug-likeness (QED) is 0.170. The number of nitrogens with zero attached hydrogens (tertiary/aromatic N) is 1. The van der Waals surface area contributed by atoms with Crippen molar-refractivity contribution < 1.29 is 0 Å². The average molecular weight is 672 g/mol. The van der Waals surface area contributed by atoms with Crippen LogP contribution in [0.4, 0.5) is 17.1 Å². The van der Waals surface area contributed by atoms with Crippen molar-refractivity contribution in [2.45, 2.75) is 57.8 Å². The Morgan fingerprint density at radius 3 is 1.94 bits per heavy atom. The number of aryl methyl sites for hydroxylation is 1. The smallest absolute Gasteiger partial charge is 0.0465 e. The molecule has 0 spiro atoms. The fourth-order valence-electron chi connectivity index (χ4n) is 10.2. The van der Waals surface area contributed by atoms with Gasteiger partial charge in [-0.3, -0.25) is 0 Å². The first kappa shape index (κ1) is 31.3. The third-order valence-electron chi connectivity index (χ3n) is 12.9. The van der Waals surface area contributed by atoms with E-state index >= 15 is 0 Å². The molecular weight excluding hydrogens is 627 g/mol. The highest BCUT2D eigenvalue weighted by atomic mass is 15.1. The summed E-state index contributed by atoms with van der Waals surface area (Å²) in [4.78, 5) is 2.47. The molecular formula is C51H45N. The van der Waals surface area contributed by atoms with Crippen molar-refractivity contribution >= 4 is 27.8 Å². The van der Waals surface area contributed by atoms with Crippen LogP contribution in [-0.4, -0.2) is 0 Å². The van der Waals surface area contributed by atoms with Crippen molar-refractivity contribution in [1.82, 2.24) is 0 Å². The molecule has 3 unspecified atom stereocenters. The van der Waals surface area contributed by atoms with Crippen molar-refractivity contribution in [3.63, 3.8) is 0 Å². The minimum absolute atomic E-state index is 0.0643. The van der Waals surface area contributed by atoms with E-state index in [1.807, 2.05) is 0 Å². The van der Waals surface area contributed by atoms with Gasteiger partial charge in [0.25, 0.3) is 0 Å². The Labute approximate surface area is 308 Å². The monoisotopic (exact) mass is 671 g/mol. The van der Waals surface area contributed by atoms with Crippen LogP contribution in [0.25, 0.3) is 44.2 Å². The second kappa shape index (κ2) is 12.1. The van der Waals surface area contributed by atoms with Gasteiger partial charge in [-0.15, -0.1) is 0 Å². The van der Waals surface area contributed by atoms with Crippen LogP contribution >= 0.6 is 0 Å². The van der Waals surface area contributed by atoms with Crippen molar-refractivity contribution in [1.29, 1.82) is 0 Å². The van der Waals surface area contributed by atoms with Crippen LogP contribution in [0, 0.1) is 18.8 Å². The van der Waals surface area contributed by atoms with Gasteiger partial charge in [0.15, 0.2) is 0 Å². The maximum atomic E-state index is 2.47. The zero-order valence-electron chi connectivity index (χ0n) is 30.4. The Morgan fingerprint density at radius 1 is 0.538 bits per heavy atom. The first-order valence-corrected chi connectivity index (χ1v) is 19.3. The maximum absolute atomic E-state index is 2.47. The molecule has 7 aromatic carbocycles. The molecule has 2 saturated carbocycles. The molecule has 0 aliphatic heterocycles. The van der Waals surface area contributed by atoms with Gasteiger partial charge in [-0.2, -0.15) is 0 Å². The molecule has 3 aliphatic rings. The fourth-order valence-corrected chi connectivity index (χ4v) is 10.2. The van der Waals surface area contributed by atoms with Gasteiger partial charge in [0, 0.05) is 22.5 Å². The van der Waals surface area contributed by atoms with Gasteiger partial charge >= 0.3 is 0 Å². The van der Waals surface area contributed by atoms with E-state index < -0.39 is 0 Å². The molecule has 1 heteroatoms. The molecule has 0 radical (unpaired) electrons. The van der Waals surface area contributed by atoms with Crippen LogP contribution in [0.3, 0.4) is 0 Å². The normalized spacial score (nSPS) is 19.5. The lowest BCUT2D eigenvalue weighted by Gasteiger charge is -2.29. The summed E-state index contributed by atoms with van der Waals surface area (Å²) in [6.45, 7) is 6.97. The van der Waals surface area contributed by atoms with E-state index in [0.717, 1.165) is 17.8 Å². The summed E-state index contributed by atoms with van der Waals surface area (Å²) in [5.74, 6) is 2.54. The zero-order valence-corrected chi connectivity index (χ0v) is 30.4. The zero-order chi connectivity index (χ0) is 35.0. The Balaban J connectivity index is 1.09. The third kappa shape index (κ3) is 4.97.